The first-order valence-electron chi connectivity index (χ1n) is 9.51. The van der Waals surface area contributed by atoms with E-state index in [4.69, 9.17) is 25.8 Å². The number of ether oxygens (including phenoxy) is 3. The molecule has 1 fully saturated rings. The molecule has 1 aliphatic carbocycles. The molecule has 29 heavy (non-hydrogen) atoms. The molecule has 0 bridgehead atoms. The molecule has 1 aliphatic heterocycles. The van der Waals surface area contributed by atoms with Crippen LogP contribution in [0.2, 0.25) is 5.02 Å². The summed E-state index contributed by atoms with van der Waals surface area (Å²) < 4.78 is 16.0. The first-order valence-corrected chi connectivity index (χ1v) is 9.89. The summed E-state index contributed by atoms with van der Waals surface area (Å²) >= 11 is 6.15. The number of urea groups is 1. The van der Waals surface area contributed by atoms with Crippen LogP contribution >= 0.6 is 11.6 Å². The second-order valence-electron chi connectivity index (χ2n) is 6.88. The number of rotatable bonds is 5. The van der Waals surface area contributed by atoms with Crippen molar-refractivity contribution in [3.8, 4) is 11.5 Å². The van der Waals surface area contributed by atoms with E-state index >= 15 is 0 Å². The van der Waals surface area contributed by atoms with Gasteiger partial charge in [-0.05, 0) is 43.5 Å². The molecule has 1 atom stereocenters. The molecule has 8 nitrogen and oxygen atoms in total. The number of hydrogen-bond acceptors (Lipinski definition) is 6. The third-order valence-corrected chi connectivity index (χ3v) is 4.90. The van der Waals surface area contributed by atoms with Gasteiger partial charge in [0.25, 0.3) is 5.91 Å². The number of fused-ring (bicyclic) bond motifs is 1. The smallest absolute Gasteiger partial charge is 0.331 e. The SMILES string of the molecule is C[C@@H](OC(=O)/C=C/c1cc(Cl)c2c(c1)OCCO2)C(=O)NC(=O)NC1CCCC1. The van der Waals surface area contributed by atoms with Crippen molar-refractivity contribution in [1.29, 1.82) is 0 Å². The summed E-state index contributed by atoms with van der Waals surface area (Å²) in [4.78, 5) is 35.8. The molecular formula is C20H23ClN2O6. The zero-order valence-corrected chi connectivity index (χ0v) is 16.8. The van der Waals surface area contributed by atoms with E-state index < -0.39 is 24.0 Å². The average molecular weight is 423 g/mol. The minimum atomic E-state index is -1.12. The fraction of sp³-hybridized carbons (Fsp3) is 0.450. The molecule has 3 amide bonds. The Balaban J connectivity index is 1.49. The predicted molar refractivity (Wildman–Crippen MR) is 106 cm³/mol. The second-order valence-corrected chi connectivity index (χ2v) is 7.29. The molecule has 2 N–H and O–H groups in total. The topological polar surface area (TPSA) is 103 Å². The quantitative estimate of drug-likeness (QED) is 0.558. The summed E-state index contributed by atoms with van der Waals surface area (Å²) in [5, 5.41) is 5.30. The number of hydrogen-bond donors (Lipinski definition) is 2. The van der Waals surface area contributed by atoms with Gasteiger partial charge in [0.1, 0.15) is 13.2 Å². The van der Waals surface area contributed by atoms with E-state index in [-0.39, 0.29) is 6.04 Å². The van der Waals surface area contributed by atoms with Gasteiger partial charge in [-0.3, -0.25) is 10.1 Å². The number of benzene rings is 1. The molecule has 1 aromatic rings. The molecule has 0 radical (unpaired) electrons. The summed E-state index contributed by atoms with van der Waals surface area (Å²) in [7, 11) is 0. The average Bonchev–Trinajstić information content (AvgIpc) is 3.19. The standard InChI is InChI=1S/C20H23ClN2O6/c1-12(19(25)23-20(26)22-14-4-2-3-5-14)29-17(24)7-6-13-10-15(21)18-16(11-13)27-8-9-28-18/h6-7,10-12,14H,2-5,8-9H2,1H3,(H2,22,23,25,26)/b7-6+/t12-/m1/s1. The zero-order chi connectivity index (χ0) is 20.8. The maximum absolute atomic E-state index is 12.0. The lowest BCUT2D eigenvalue weighted by atomic mass is 10.2. The largest absolute Gasteiger partial charge is 0.486 e. The molecule has 2 aliphatic rings. The van der Waals surface area contributed by atoms with E-state index in [1.54, 1.807) is 12.1 Å². The van der Waals surface area contributed by atoms with Gasteiger partial charge in [0.15, 0.2) is 17.6 Å². The third-order valence-electron chi connectivity index (χ3n) is 4.62. The van der Waals surface area contributed by atoms with Gasteiger partial charge in [0.2, 0.25) is 0 Å². The summed E-state index contributed by atoms with van der Waals surface area (Å²) in [6.07, 6.45) is 5.47. The normalized spacial score (nSPS) is 17.0. The molecule has 1 aromatic carbocycles. The van der Waals surface area contributed by atoms with E-state index in [0.717, 1.165) is 25.7 Å². The number of imide groups is 1. The molecule has 156 valence electrons. The van der Waals surface area contributed by atoms with Crippen LogP contribution in [0.3, 0.4) is 0 Å². The Hall–Kier alpha value is -2.74. The lowest BCUT2D eigenvalue weighted by Crippen LogP contribution is -2.47. The van der Waals surface area contributed by atoms with Crippen molar-refractivity contribution >= 4 is 35.6 Å². The fourth-order valence-electron chi connectivity index (χ4n) is 3.16. The van der Waals surface area contributed by atoms with Gasteiger partial charge >= 0.3 is 12.0 Å². The summed E-state index contributed by atoms with van der Waals surface area (Å²) in [5.74, 6) is -0.448. The van der Waals surface area contributed by atoms with Crippen LogP contribution in [0.4, 0.5) is 4.79 Å². The molecule has 9 heteroatoms. The zero-order valence-electron chi connectivity index (χ0n) is 16.0. The van der Waals surface area contributed by atoms with Crippen molar-refractivity contribution in [2.24, 2.45) is 0 Å². The highest BCUT2D eigenvalue weighted by Crippen LogP contribution is 2.38. The monoisotopic (exact) mass is 422 g/mol. The summed E-state index contributed by atoms with van der Waals surface area (Å²) in [5.41, 5.74) is 0.615. The van der Waals surface area contributed by atoms with Crippen LogP contribution in [0.1, 0.15) is 38.2 Å². The van der Waals surface area contributed by atoms with Crippen LogP contribution in [0, 0.1) is 0 Å². The summed E-state index contributed by atoms with van der Waals surface area (Å²) in [6.45, 7) is 2.23. The summed E-state index contributed by atoms with van der Waals surface area (Å²) in [6, 6.07) is 2.82. The van der Waals surface area contributed by atoms with Crippen molar-refractivity contribution in [2.75, 3.05) is 13.2 Å². The van der Waals surface area contributed by atoms with Crippen molar-refractivity contribution in [3.63, 3.8) is 0 Å². The first kappa shape index (κ1) is 21.0. The number of carbonyl (C=O) groups excluding carboxylic acids is 3. The van der Waals surface area contributed by atoms with Gasteiger partial charge in [-0.25, -0.2) is 9.59 Å². The fourth-order valence-corrected chi connectivity index (χ4v) is 3.44. The molecule has 1 saturated carbocycles. The van der Waals surface area contributed by atoms with Crippen molar-refractivity contribution in [2.45, 2.75) is 44.8 Å². The first-order chi connectivity index (χ1) is 13.9. The highest BCUT2D eigenvalue weighted by molar-refractivity contribution is 6.32. The minimum Gasteiger partial charge on any atom is -0.486 e. The molecule has 0 saturated heterocycles. The lowest BCUT2D eigenvalue weighted by Gasteiger charge is -2.19. The van der Waals surface area contributed by atoms with Gasteiger partial charge in [0.05, 0.1) is 5.02 Å². The van der Waals surface area contributed by atoms with Gasteiger partial charge in [-0.2, -0.15) is 0 Å². The Bertz CT molecular complexity index is 819. The maximum atomic E-state index is 12.0. The molecule has 0 unspecified atom stereocenters. The van der Waals surface area contributed by atoms with Crippen LogP contribution in [0.25, 0.3) is 6.08 Å². The van der Waals surface area contributed by atoms with Gasteiger partial charge in [-0.15, -0.1) is 0 Å². The van der Waals surface area contributed by atoms with E-state index in [9.17, 15) is 14.4 Å². The Morgan fingerprint density at radius 3 is 2.69 bits per heavy atom. The third kappa shape index (κ3) is 5.87. The Morgan fingerprint density at radius 2 is 1.93 bits per heavy atom. The van der Waals surface area contributed by atoms with Gasteiger partial charge in [0, 0.05) is 12.1 Å². The van der Waals surface area contributed by atoms with E-state index in [0.29, 0.717) is 35.3 Å². The number of carbonyl (C=O) groups is 3. The predicted octanol–water partition coefficient (Wildman–Crippen LogP) is 2.82. The van der Waals surface area contributed by atoms with Crippen LogP contribution in [0.15, 0.2) is 18.2 Å². The van der Waals surface area contributed by atoms with Crippen molar-refractivity contribution in [3.05, 3.63) is 28.8 Å². The van der Waals surface area contributed by atoms with Crippen LogP contribution in [-0.2, 0) is 14.3 Å². The molecule has 1 heterocycles. The Labute approximate surface area is 173 Å². The highest BCUT2D eigenvalue weighted by Gasteiger charge is 2.22. The van der Waals surface area contributed by atoms with Crippen LogP contribution in [0.5, 0.6) is 11.5 Å². The number of halogens is 1. The van der Waals surface area contributed by atoms with Crippen LogP contribution in [-0.4, -0.2) is 43.3 Å². The Morgan fingerprint density at radius 1 is 1.21 bits per heavy atom. The van der Waals surface area contributed by atoms with Gasteiger partial charge in [-0.1, -0.05) is 24.4 Å². The molecule has 0 spiro atoms. The van der Waals surface area contributed by atoms with E-state index in [1.165, 1.54) is 19.1 Å². The maximum Gasteiger partial charge on any atom is 0.331 e. The van der Waals surface area contributed by atoms with Crippen molar-refractivity contribution < 1.29 is 28.6 Å². The second kappa shape index (κ2) is 9.65. The van der Waals surface area contributed by atoms with Gasteiger partial charge < -0.3 is 19.5 Å². The number of esters is 1. The lowest BCUT2D eigenvalue weighted by molar-refractivity contribution is -0.149. The van der Waals surface area contributed by atoms with E-state index in [2.05, 4.69) is 10.6 Å². The molecule has 3 rings (SSSR count). The Kier molecular flexibility index (Phi) is 6.98. The van der Waals surface area contributed by atoms with Crippen LogP contribution < -0.4 is 20.1 Å². The molecule has 0 aromatic heterocycles. The molecular weight excluding hydrogens is 400 g/mol. The van der Waals surface area contributed by atoms with E-state index in [1.807, 2.05) is 0 Å². The minimum absolute atomic E-state index is 0.0846. The van der Waals surface area contributed by atoms with Crippen molar-refractivity contribution in [1.82, 2.24) is 10.6 Å². The highest BCUT2D eigenvalue weighted by atomic mass is 35.5. The number of amides is 3. The number of nitrogens with one attached hydrogen (secondary N) is 2.